The Bertz CT molecular complexity index is 1130. The zero-order valence-corrected chi connectivity index (χ0v) is 20.0. The molecule has 166 valence electrons. The fraction of sp³-hybridized carbons (Fsp3) is 0.308. The van der Waals surface area contributed by atoms with E-state index in [-0.39, 0.29) is 24.4 Å². The number of rotatable bonds is 6. The summed E-state index contributed by atoms with van der Waals surface area (Å²) in [5.74, 6) is -0.192. The normalized spacial score (nSPS) is 15.3. The lowest BCUT2D eigenvalue weighted by molar-refractivity contribution is -0.134. The van der Waals surface area contributed by atoms with E-state index >= 15 is 0 Å². The smallest absolute Gasteiger partial charge is 0.254 e. The summed E-state index contributed by atoms with van der Waals surface area (Å²) in [6, 6.07) is 17.2. The van der Waals surface area contributed by atoms with Gasteiger partial charge in [-0.1, -0.05) is 48.9 Å². The molecule has 0 radical (unpaired) electrons. The molecule has 1 atom stereocenters. The van der Waals surface area contributed by atoms with Gasteiger partial charge in [0, 0.05) is 28.6 Å². The number of carbonyl (C=O) groups excluding carboxylic acids is 2. The molecule has 0 fully saturated rings. The summed E-state index contributed by atoms with van der Waals surface area (Å²) in [6.07, 6.45) is 1.62. The first-order valence-electron chi connectivity index (χ1n) is 11.0. The van der Waals surface area contributed by atoms with Crippen LogP contribution in [0.3, 0.4) is 0 Å². The molecular weight excluding hydrogens is 440 g/mol. The van der Waals surface area contributed by atoms with E-state index in [0.717, 1.165) is 24.0 Å². The van der Waals surface area contributed by atoms with Gasteiger partial charge in [0.1, 0.15) is 6.54 Å². The molecule has 2 amide bonds. The van der Waals surface area contributed by atoms with E-state index in [2.05, 4.69) is 30.5 Å². The Labute approximate surface area is 198 Å². The highest BCUT2D eigenvalue weighted by Gasteiger charge is 2.34. The van der Waals surface area contributed by atoms with Crippen molar-refractivity contribution in [2.75, 3.05) is 19.6 Å². The van der Waals surface area contributed by atoms with Crippen molar-refractivity contribution in [2.45, 2.75) is 32.7 Å². The van der Waals surface area contributed by atoms with Crippen molar-refractivity contribution in [3.8, 4) is 0 Å². The highest BCUT2D eigenvalue weighted by Crippen LogP contribution is 2.39. The summed E-state index contributed by atoms with van der Waals surface area (Å²) in [6.45, 7) is 5.32. The maximum Gasteiger partial charge on any atom is 0.254 e. The standard InChI is InChI=1S/C26H27ClN2O2S/c1-3-13-28(26(31)19-8-6-9-20(27)16-19)17-24(30)29-14-11-23-22(12-15-32-23)25(29)21-10-5-4-7-18(21)2/h4-10,12,15-16,25H,3,11,13-14,17H2,1-2H3. The number of aryl methyl sites for hydroxylation is 1. The monoisotopic (exact) mass is 466 g/mol. The predicted octanol–water partition coefficient (Wildman–Crippen LogP) is 5.74. The molecule has 0 spiro atoms. The van der Waals surface area contributed by atoms with Crippen LogP contribution < -0.4 is 0 Å². The predicted molar refractivity (Wildman–Crippen MR) is 130 cm³/mol. The molecule has 1 unspecified atom stereocenters. The van der Waals surface area contributed by atoms with Crippen LogP contribution in [0.15, 0.2) is 60.0 Å². The van der Waals surface area contributed by atoms with Crippen LogP contribution in [0.25, 0.3) is 0 Å². The Morgan fingerprint density at radius 3 is 2.69 bits per heavy atom. The largest absolute Gasteiger partial charge is 0.330 e. The van der Waals surface area contributed by atoms with Gasteiger partial charge in [-0.05, 0) is 66.1 Å². The molecule has 4 rings (SSSR count). The molecule has 4 nitrogen and oxygen atoms in total. The fourth-order valence-corrected chi connectivity index (χ4v) is 5.49. The van der Waals surface area contributed by atoms with E-state index < -0.39 is 0 Å². The highest BCUT2D eigenvalue weighted by atomic mass is 35.5. The molecule has 1 aliphatic rings. The van der Waals surface area contributed by atoms with Crippen LogP contribution in [0, 0.1) is 6.92 Å². The number of halogens is 1. The first-order chi connectivity index (χ1) is 15.5. The van der Waals surface area contributed by atoms with Gasteiger partial charge in [-0.15, -0.1) is 11.3 Å². The summed E-state index contributed by atoms with van der Waals surface area (Å²) in [4.78, 5) is 31.7. The number of hydrogen-bond donors (Lipinski definition) is 0. The van der Waals surface area contributed by atoms with Gasteiger partial charge in [0.05, 0.1) is 6.04 Å². The second-order valence-corrected chi connectivity index (χ2v) is 9.57. The van der Waals surface area contributed by atoms with Crippen molar-refractivity contribution < 1.29 is 9.59 Å². The number of amides is 2. The fourth-order valence-electron chi connectivity index (χ4n) is 4.39. The van der Waals surface area contributed by atoms with Gasteiger partial charge in [-0.3, -0.25) is 9.59 Å². The Balaban J connectivity index is 1.63. The minimum absolute atomic E-state index is 0.0288. The molecule has 0 saturated carbocycles. The number of benzene rings is 2. The van der Waals surface area contributed by atoms with Gasteiger partial charge in [-0.25, -0.2) is 0 Å². The Morgan fingerprint density at radius 2 is 1.94 bits per heavy atom. The van der Waals surface area contributed by atoms with Crippen LogP contribution in [-0.4, -0.2) is 41.2 Å². The third-order valence-corrected chi connectivity index (χ3v) is 7.18. The van der Waals surface area contributed by atoms with Gasteiger partial charge in [0.2, 0.25) is 5.91 Å². The Kier molecular flexibility index (Phi) is 6.97. The van der Waals surface area contributed by atoms with Crippen molar-refractivity contribution >= 4 is 34.8 Å². The second kappa shape index (κ2) is 9.88. The number of nitrogens with zero attached hydrogens (tertiary/aromatic N) is 2. The first-order valence-corrected chi connectivity index (χ1v) is 12.2. The topological polar surface area (TPSA) is 40.6 Å². The summed E-state index contributed by atoms with van der Waals surface area (Å²) < 4.78 is 0. The average molecular weight is 467 g/mol. The third kappa shape index (κ3) is 4.59. The molecule has 0 saturated heterocycles. The van der Waals surface area contributed by atoms with Gasteiger partial charge in [0.15, 0.2) is 0 Å². The maximum atomic E-state index is 13.6. The quantitative estimate of drug-likeness (QED) is 0.465. The van der Waals surface area contributed by atoms with Crippen molar-refractivity contribution in [1.29, 1.82) is 0 Å². The second-order valence-electron chi connectivity index (χ2n) is 8.13. The number of thiophene rings is 1. The number of hydrogen-bond acceptors (Lipinski definition) is 3. The van der Waals surface area contributed by atoms with E-state index in [0.29, 0.717) is 23.7 Å². The minimum atomic E-state index is -0.164. The van der Waals surface area contributed by atoms with Gasteiger partial charge in [-0.2, -0.15) is 0 Å². The van der Waals surface area contributed by atoms with Crippen LogP contribution in [0.5, 0.6) is 0 Å². The Morgan fingerprint density at radius 1 is 1.12 bits per heavy atom. The molecular formula is C26H27ClN2O2S. The van der Waals surface area contributed by atoms with Crippen LogP contribution in [-0.2, 0) is 11.2 Å². The molecule has 2 heterocycles. The lowest BCUT2D eigenvalue weighted by atomic mass is 9.90. The molecule has 3 aromatic rings. The summed E-state index contributed by atoms with van der Waals surface area (Å²) in [5.41, 5.74) is 4.01. The lowest BCUT2D eigenvalue weighted by Gasteiger charge is -2.38. The summed E-state index contributed by atoms with van der Waals surface area (Å²) >= 11 is 7.85. The lowest BCUT2D eigenvalue weighted by Crippen LogP contribution is -2.47. The summed E-state index contributed by atoms with van der Waals surface area (Å²) in [5, 5.41) is 2.62. The minimum Gasteiger partial charge on any atom is -0.330 e. The number of fused-ring (bicyclic) bond motifs is 1. The van der Waals surface area contributed by atoms with E-state index in [1.807, 2.05) is 24.0 Å². The van der Waals surface area contributed by atoms with Crippen LogP contribution >= 0.6 is 22.9 Å². The number of carbonyl (C=O) groups is 2. The van der Waals surface area contributed by atoms with E-state index in [4.69, 9.17) is 11.6 Å². The molecule has 0 aliphatic carbocycles. The van der Waals surface area contributed by atoms with Gasteiger partial charge in [0.25, 0.3) is 5.91 Å². The van der Waals surface area contributed by atoms with Crippen LogP contribution in [0.2, 0.25) is 5.02 Å². The maximum absolute atomic E-state index is 13.6. The first kappa shape index (κ1) is 22.6. The molecule has 0 N–H and O–H groups in total. The van der Waals surface area contributed by atoms with Crippen LogP contribution in [0.1, 0.15) is 51.3 Å². The highest BCUT2D eigenvalue weighted by molar-refractivity contribution is 7.10. The SMILES string of the molecule is CCCN(CC(=O)N1CCc2sccc2C1c1ccccc1C)C(=O)c1cccc(Cl)c1. The molecule has 2 aromatic carbocycles. The van der Waals surface area contributed by atoms with Crippen molar-refractivity contribution in [2.24, 2.45) is 0 Å². The zero-order valence-electron chi connectivity index (χ0n) is 18.4. The van der Waals surface area contributed by atoms with E-state index in [1.165, 1.54) is 10.4 Å². The summed E-state index contributed by atoms with van der Waals surface area (Å²) in [7, 11) is 0. The van der Waals surface area contributed by atoms with Crippen molar-refractivity contribution in [1.82, 2.24) is 9.80 Å². The molecule has 1 aliphatic heterocycles. The average Bonchev–Trinajstić information content (AvgIpc) is 3.27. The van der Waals surface area contributed by atoms with Gasteiger partial charge >= 0.3 is 0 Å². The molecule has 32 heavy (non-hydrogen) atoms. The van der Waals surface area contributed by atoms with Crippen LogP contribution in [0.4, 0.5) is 0 Å². The third-order valence-electron chi connectivity index (χ3n) is 5.95. The van der Waals surface area contributed by atoms with E-state index in [1.54, 1.807) is 40.5 Å². The molecule has 0 bridgehead atoms. The molecule has 6 heteroatoms. The van der Waals surface area contributed by atoms with Crippen molar-refractivity contribution in [3.63, 3.8) is 0 Å². The van der Waals surface area contributed by atoms with E-state index in [9.17, 15) is 9.59 Å². The molecule has 1 aromatic heterocycles. The van der Waals surface area contributed by atoms with Crippen molar-refractivity contribution in [3.05, 3.63) is 92.1 Å². The zero-order chi connectivity index (χ0) is 22.7. The van der Waals surface area contributed by atoms with Gasteiger partial charge < -0.3 is 9.80 Å². The Hall–Kier alpha value is -2.63.